The molecule has 0 aliphatic heterocycles. The van der Waals surface area contributed by atoms with E-state index in [9.17, 15) is 0 Å². The fraction of sp³-hybridized carbons (Fsp3) is 0.333. The number of hydrogen-bond acceptors (Lipinski definition) is 1. The van der Waals surface area contributed by atoms with E-state index in [4.69, 9.17) is 0 Å². The van der Waals surface area contributed by atoms with Crippen molar-refractivity contribution in [2.24, 2.45) is 0 Å². The minimum atomic E-state index is 0.964. The largest absolute Gasteiger partial charge is 0.366 e. The Balaban J connectivity index is 3.17. The minimum absolute atomic E-state index is 0.964. The highest BCUT2D eigenvalue weighted by Gasteiger charge is 1.77. The van der Waals surface area contributed by atoms with E-state index in [0.29, 0.717) is 0 Å². The summed E-state index contributed by atoms with van der Waals surface area (Å²) < 4.78 is 0. The van der Waals surface area contributed by atoms with Crippen molar-refractivity contribution in [3.8, 4) is 0 Å². The minimum Gasteiger partial charge on any atom is -0.366 e. The lowest BCUT2D eigenvalue weighted by Crippen LogP contribution is -1.99. The van der Waals surface area contributed by atoms with Gasteiger partial charge >= 0.3 is 0 Å². The lowest BCUT2D eigenvalue weighted by atomic mass is 10.4. The molecule has 0 spiro atoms. The first-order valence-corrected chi connectivity index (χ1v) is 2.36. The molecule has 0 atom stereocenters. The van der Waals surface area contributed by atoms with Crippen molar-refractivity contribution in [1.29, 1.82) is 0 Å². The molecule has 0 aromatic carbocycles. The smallest absolute Gasteiger partial charge is 0.00704 e. The summed E-state index contributed by atoms with van der Waals surface area (Å²) in [5.41, 5.74) is 1.01. The van der Waals surface area contributed by atoms with Crippen LogP contribution in [0.3, 0.4) is 0 Å². The van der Waals surface area contributed by atoms with Crippen LogP contribution in [0.4, 0.5) is 0 Å². The lowest BCUT2D eigenvalue weighted by molar-refractivity contribution is 0.955. The van der Waals surface area contributed by atoms with E-state index in [2.05, 4.69) is 18.5 Å². The number of allylic oxidation sites excluding steroid dienone is 1. The summed E-state index contributed by atoms with van der Waals surface area (Å²) >= 11 is 0. The van der Waals surface area contributed by atoms with E-state index in [1.807, 2.05) is 6.92 Å². The van der Waals surface area contributed by atoms with E-state index in [0.717, 1.165) is 12.1 Å². The molecule has 0 amide bonds. The van der Waals surface area contributed by atoms with Crippen LogP contribution in [-0.4, -0.2) is 0 Å². The molecular weight excluding hydrogens is 86.1 g/mol. The van der Waals surface area contributed by atoms with E-state index in [1.54, 1.807) is 6.20 Å². The van der Waals surface area contributed by atoms with Crippen molar-refractivity contribution >= 4 is 0 Å². The molecule has 40 valence electrons. The van der Waals surface area contributed by atoms with Crippen LogP contribution < -0.4 is 5.32 Å². The molecule has 0 aromatic rings. The van der Waals surface area contributed by atoms with Gasteiger partial charge in [-0.15, -0.1) is 0 Å². The van der Waals surface area contributed by atoms with Crippen LogP contribution in [0.15, 0.2) is 25.1 Å². The Labute approximate surface area is 44.7 Å². The van der Waals surface area contributed by atoms with Crippen LogP contribution in [0.5, 0.6) is 0 Å². The second-order valence-electron chi connectivity index (χ2n) is 1.31. The predicted octanol–water partition coefficient (Wildman–Crippen LogP) is 1.64. The maximum absolute atomic E-state index is 3.68. The topological polar surface area (TPSA) is 12.0 Å². The molecule has 0 aliphatic carbocycles. The molecule has 7 heavy (non-hydrogen) atoms. The molecule has 0 fully saturated rings. The summed E-state index contributed by atoms with van der Waals surface area (Å²) in [6.45, 7) is 9.20. The van der Waals surface area contributed by atoms with Crippen molar-refractivity contribution in [3.05, 3.63) is 25.1 Å². The van der Waals surface area contributed by atoms with Gasteiger partial charge in [0.25, 0.3) is 0 Å². The van der Waals surface area contributed by atoms with Gasteiger partial charge in [0.15, 0.2) is 0 Å². The highest BCUT2D eigenvalue weighted by molar-refractivity contribution is 4.92. The zero-order valence-electron chi connectivity index (χ0n) is 4.70. The summed E-state index contributed by atoms with van der Waals surface area (Å²) in [5.74, 6) is 0. The number of rotatable bonds is 3. The Morgan fingerprint density at radius 1 is 1.86 bits per heavy atom. The van der Waals surface area contributed by atoms with Gasteiger partial charge in [-0.3, -0.25) is 0 Å². The third-order valence-electron chi connectivity index (χ3n) is 0.733. The van der Waals surface area contributed by atoms with Gasteiger partial charge in [0.1, 0.15) is 0 Å². The maximum atomic E-state index is 3.68. The van der Waals surface area contributed by atoms with Crippen LogP contribution >= 0.6 is 0 Å². The first-order chi connectivity index (χ1) is 3.31. The van der Waals surface area contributed by atoms with Gasteiger partial charge < -0.3 is 5.32 Å². The maximum Gasteiger partial charge on any atom is 0.00704 e. The molecular formula is C6H11N. The van der Waals surface area contributed by atoms with Gasteiger partial charge in [0.05, 0.1) is 0 Å². The molecule has 0 bridgehead atoms. The Kier molecular flexibility index (Phi) is 3.11. The Morgan fingerprint density at radius 2 is 2.43 bits per heavy atom. The molecule has 0 saturated carbocycles. The number of hydrogen-bond donors (Lipinski definition) is 1. The third-order valence-corrected chi connectivity index (χ3v) is 0.733. The van der Waals surface area contributed by atoms with Crippen molar-refractivity contribution in [1.82, 2.24) is 5.32 Å². The Morgan fingerprint density at radius 3 is 2.57 bits per heavy atom. The quantitative estimate of drug-likeness (QED) is 0.564. The second kappa shape index (κ2) is 3.47. The van der Waals surface area contributed by atoms with Crippen LogP contribution in [0.2, 0.25) is 0 Å². The molecule has 0 aromatic heterocycles. The SMILES string of the molecule is C=CNC(=C)CC. The summed E-state index contributed by atoms with van der Waals surface area (Å²) in [7, 11) is 0. The molecule has 1 N–H and O–H groups in total. The summed E-state index contributed by atoms with van der Waals surface area (Å²) in [6, 6.07) is 0. The Hall–Kier alpha value is -0.720. The Bertz CT molecular complexity index is 74.2. The van der Waals surface area contributed by atoms with Crippen LogP contribution in [0.1, 0.15) is 13.3 Å². The zero-order chi connectivity index (χ0) is 5.70. The van der Waals surface area contributed by atoms with Crippen LogP contribution in [0.25, 0.3) is 0 Å². The van der Waals surface area contributed by atoms with E-state index < -0.39 is 0 Å². The molecule has 0 radical (unpaired) electrons. The third kappa shape index (κ3) is 3.10. The fourth-order valence-corrected chi connectivity index (χ4v) is 0.246. The van der Waals surface area contributed by atoms with E-state index in [-0.39, 0.29) is 0 Å². The van der Waals surface area contributed by atoms with E-state index >= 15 is 0 Å². The molecule has 0 unspecified atom stereocenters. The fourth-order valence-electron chi connectivity index (χ4n) is 0.246. The van der Waals surface area contributed by atoms with Crippen molar-refractivity contribution in [3.63, 3.8) is 0 Å². The summed E-state index contributed by atoms with van der Waals surface area (Å²) in [4.78, 5) is 0. The van der Waals surface area contributed by atoms with Crippen molar-refractivity contribution in [2.75, 3.05) is 0 Å². The normalized spacial score (nSPS) is 7.57. The first-order valence-electron chi connectivity index (χ1n) is 2.36. The van der Waals surface area contributed by atoms with Gasteiger partial charge in [-0.2, -0.15) is 0 Å². The van der Waals surface area contributed by atoms with Crippen molar-refractivity contribution < 1.29 is 0 Å². The monoisotopic (exact) mass is 97.1 g/mol. The van der Waals surface area contributed by atoms with Gasteiger partial charge in [0, 0.05) is 5.70 Å². The molecule has 0 aliphatic rings. The highest BCUT2D eigenvalue weighted by atomic mass is 14.8. The average Bonchev–Trinajstić information content (AvgIpc) is 1.68. The molecule has 0 rings (SSSR count). The van der Waals surface area contributed by atoms with Gasteiger partial charge in [-0.05, 0) is 12.6 Å². The highest BCUT2D eigenvalue weighted by Crippen LogP contribution is 1.87. The van der Waals surface area contributed by atoms with Gasteiger partial charge in [-0.1, -0.05) is 20.1 Å². The summed E-state index contributed by atoms with van der Waals surface area (Å²) in [6.07, 6.45) is 2.60. The summed E-state index contributed by atoms with van der Waals surface area (Å²) in [5, 5.41) is 2.86. The number of nitrogens with one attached hydrogen (secondary N) is 1. The lowest BCUT2D eigenvalue weighted by Gasteiger charge is -1.96. The zero-order valence-corrected chi connectivity index (χ0v) is 4.70. The predicted molar refractivity (Wildman–Crippen MR) is 32.8 cm³/mol. The van der Waals surface area contributed by atoms with Crippen LogP contribution in [0, 0.1) is 0 Å². The molecule has 0 heterocycles. The van der Waals surface area contributed by atoms with Crippen molar-refractivity contribution in [2.45, 2.75) is 13.3 Å². The molecule has 0 saturated heterocycles. The van der Waals surface area contributed by atoms with Gasteiger partial charge in [-0.25, -0.2) is 0 Å². The molecule has 1 heteroatoms. The van der Waals surface area contributed by atoms with E-state index in [1.165, 1.54) is 0 Å². The van der Waals surface area contributed by atoms with Crippen LogP contribution in [-0.2, 0) is 0 Å². The standard InChI is InChI=1S/C6H11N/c1-4-6(3)7-5-2/h5,7H,2-4H2,1H3. The second-order valence-corrected chi connectivity index (χ2v) is 1.31. The average molecular weight is 97.2 g/mol. The molecule has 1 nitrogen and oxygen atoms in total. The van der Waals surface area contributed by atoms with Gasteiger partial charge in [0.2, 0.25) is 0 Å². The first kappa shape index (κ1) is 6.28.